The maximum atomic E-state index is 12.7. The van der Waals surface area contributed by atoms with Gasteiger partial charge in [-0.1, -0.05) is 6.42 Å². The van der Waals surface area contributed by atoms with Gasteiger partial charge in [0, 0.05) is 4.88 Å². The lowest BCUT2D eigenvalue weighted by atomic mass is 10.1. The van der Waals surface area contributed by atoms with Crippen molar-refractivity contribution < 1.29 is 19.2 Å². The largest absolute Gasteiger partial charge is 0.494 e. The van der Waals surface area contributed by atoms with Crippen LogP contribution in [0.5, 0.6) is 5.75 Å². The number of thiophene rings is 1. The minimum Gasteiger partial charge on any atom is -0.494 e. The Balaban J connectivity index is 1.85. The molecule has 2 N–H and O–H groups in total. The molecule has 8 nitrogen and oxygen atoms in total. The van der Waals surface area contributed by atoms with E-state index in [2.05, 4.69) is 10.6 Å². The number of aryl methyl sites for hydroxylation is 1. The van der Waals surface area contributed by atoms with Crippen molar-refractivity contribution in [3.05, 3.63) is 44.3 Å². The summed E-state index contributed by atoms with van der Waals surface area (Å²) in [5.41, 5.74) is 1.64. The number of anilines is 2. The summed E-state index contributed by atoms with van der Waals surface area (Å²) >= 11 is 6.90. The lowest BCUT2D eigenvalue weighted by molar-refractivity contribution is -0.384. The molecule has 0 saturated heterocycles. The summed E-state index contributed by atoms with van der Waals surface area (Å²) in [7, 11) is 0. The number of benzene rings is 1. The Morgan fingerprint density at radius 2 is 1.97 bits per heavy atom. The van der Waals surface area contributed by atoms with Gasteiger partial charge in [0.1, 0.15) is 16.4 Å². The highest BCUT2D eigenvalue weighted by Crippen LogP contribution is 2.38. The van der Waals surface area contributed by atoms with Gasteiger partial charge in [-0.2, -0.15) is 0 Å². The van der Waals surface area contributed by atoms with Gasteiger partial charge in [-0.15, -0.1) is 11.3 Å². The van der Waals surface area contributed by atoms with Crippen LogP contribution in [0.2, 0.25) is 0 Å². The number of hydrogen-bond acceptors (Lipinski definition) is 7. The highest BCUT2D eigenvalue weighted by molar-refractivity contribution is 7.80. The first kappa shape index (κ1) is 23.0. The van der Waals surface area contributed by atoms with Gasteiger partial charge in [0.25, 0.3) is 5.69 Å². The zero-order valence-electron chi connectivity index (χ0n) is 17.5. The van der Waals surface area contributed by atoms with Crippen LogP contribution in [-0.2, 0) is 17.6 Å². The van der Waals surface area contributed by atoms with Crippen LogP contribution < -0.4 is 15.4 Å². The number of nitrogens with zero attached hydrogens (tertiary/aromatic N) is 1. The summed E-state index contributed by atoms with van der Waals surface area (Å²) in [5, 5.41) is 18.2. The van der Waals surface area contributed by atoms with Crippen LogP contribution in [0.15, 0.2) is 18.2 Å². The molecule has 0 radical (unpaired) electrons. The maximum Gasteiger partial charge on any atom is 0.341 e. The van der Waals surface area contributed by atoms with Crippen LogP contribution in [0, 0.1) is 10.1 Å². The Hall–Kier alpha value is -2.72. The lowest BCUT2D eigenvalue weighted by Crippen LogP contribution is -2.21. The number of rotatable bonds is 7. The highest BCUT2D eigenvalue weighted by atomic mass is 32.1. The first-order valence-electron chi connectivity index (χ1n) is 10.3. The van der Waals surface area contributed by atoms with E-state index in [9.17, 15) is 14.9 Å². The van der Waals surface area contributed by atoms with Gasteiger partial charge in [0.05, 0.1) is 29.8 Å². The smallest absolute Gasteiger partial charge is 0.341 e. The molecule has 31 heavy (non-hydrogen) atoms. The summed E-state index contributed by atoms with van der Waals surface area (Å²) in [6.07, 6.45) is 4.98. The Morgan fingerprint density at radius 1 is 1.19 bits per heavy atom. The molecular formula is C21H25N3O5S2. The standard InChI is InChI=1S/C21H25N3O5S2/c1-3-28-13-10-11-15(16(12-13)24(26)27)22-21(30)23-19-18(20(25)29-4-2)14-8-6-5-7-9-17(14)31-19/h10-12H,3-9H2,1-2H3,(H2,22,23,30). The first-order valence-corrected chi connectivity index (χ1v) is 11.5. The quantitative estimate of drug-likeness (QED) is 0.187. The van der Waals surface area contributed by atoms with E-state index in [1.807, 2.05) is 0 Å². The number of nitro groups is 1. The van der Waals surface area contributed by atoms with E-state index in [0.29, 0.717) is 22.9 Å². The number of carbonyl (C=O) groups is 1. The van der Waals surface area contributed by atoms with Crippen LogP contribution in [0.4, 0.5) is 16.4 Å². The predicted molar refractivity (Wildman–Crippen MR) is 126 cm³/mol. The lowest BCUT2D eigenvalue weighted by Gasteiger charge is -2.12. The summed E-state index contributed by atoms with van der Waals surface area (Å²) in [6.45, 7) is 4.27. The van der Waals surface area contributed by atoms with Crippen LogP contribution in [0.1, 0.15) is 53.9 Å². The number of ether oxygens (including phenoxy) is 2. The zero-order chi connectivity index (χ0) is 22.4. The van der Waals surface area contributed by atoms with Gasteiger partial charge < -0.3 is 20.1 Å². The number of esters is 1. The van der Waals surface area contributed by atoms with Crippen molar-refractivity contribution in [1.29, 1.82) is 0 Å². The summed E-state index contributed by atoms with van der Waals surface area (Å²) < 4.78 is 10.6. The molecule has 1 aliphatic rings. The molecule has 0 saturated carbocycles. The summed E-state index contributed by atoms with van der Waals surface area (Å²) in [4.78, 5) is 24.8. The summed E-state index contributed by atoms with van der Waals surface area (Å²) in [5.74, 6) is 0.0319. The summed E-state index contributed by atoms with van der Waals surface area (Å²) in [6, 6.07) is 4.54. The van der Waals surface area contributed by atoms with Crippen LogP contribution in [0.3, 0.4) is 0 Å². The first-order chi connectivity index (χ1) is 14.9. The molecule has 1 heterocycles. The molecule has 0 fully saturated rings. The third kappa shape index (κ3) is 5.50. The third-order valence-electron chi connectivity index (χ3n) is 4.85. The van der Waals surface area contributed by atoms with Crippen molar-refractivity contribution in [2.75, 3.05) is 23.8 Å². The predicted octanol–water partition coefficient (Wildman–Crippen LogP) is 5.31. The van der Waals surface area contributed by atoms with Crippen molar-refractivity contribution >= 4 is 51.0 Å². The topological polar surface area (TPSA) is 103 Å². The fourth-order valence-corrected chi connectivity index (χ4v) is 5.09. The van der Waals surface area contributed by atoms with E-state index in [1.165, 1.54) is 17.4 Å². The highest BCUT2D eigenvalue weighted by Gasteiger charge is 2.26. The molecule has 0 atom stereocenters. The van der Waals surface area contributed by atoms with Gasteiger partial charge in [-0.3, -0.25) is 10.1 Å². The van der Waals surface area contributed by atoms with Crippen LogP contribution in [-0.4, -0.2) is 29.2 Å². The average molecular weight is 464 g/mol. The van der Waals surface area contributed by atoms with Gasteiger partial charge in [-0.05, 0) is 69.4 Å². The van der Waals surface area contributed by atoms with Crippen molar-refractivity contribution in [2.45, 2.75) is 46.0 Å². The second-order valence-corrected chi connectivity index (χ2v) is 8.45. The fraction of sp³-hybridized carbons (Fsp3) is 0.429. The number of thiocarbonyl (C=S) groups is 1. The molecule has 10 heteroatoms. The van der Waals surface area contributed by atoms with Crippen molar-refractivity contribution in [3.8, 4) is 5.75 Å². The average Bonchev–Trinajstić information content (AvgIpc) is 2.89. The van der Waals surface area contributed by atoms with Crippen LogP contribution in [0.25, 0.3) is 0 Å². The monoisotopic (exact) mass is 463 g/mol. The molecule has 1 aromatic heterocycles. The van der Waals surface area contributed by atoms with E-state index in [0.717, 1.165) is 42.5 Å². The zero-order valence-corrected chi connectivity index (χ0v) is 19.1. The molecular weight excluding hydrogens is 438 g/mol. The van der Waals surface area contributed by atoms with E-state index in [4.69, 9.17) is 21.7 Å². The molecule has 1 aromatic carbocycles. The number of fused-ring (bicyclic) bond motifs is 1. The van der Waals surface area contributed by atoms with E-state index in [1.54, 1.807) is 26.0 Å². The Kier molecular flexibility index (Phi) is 7.80. The molecule has 0 unspecified atom stereocenters. The second kappa shape index (κ2) is 10.5. The number of nitro benzene ring substituents is 1. The maximum absolute atomic E-state index is 12.7. The van der Waals surface area contributed by atoms with Crippen molar-refractivity contribution in [1.82, 2.24) is 0 Å². The Bertz CT molecular complexity index is 990. The fourth-order valence-electron chi connectivity index (χ4n) is 3.53. The molecule has 0 spiro atoms. The Labute approximate surface area is 190 Å². The van der Waals surface area contributed by atoms with E-state index in [-0.39, 0.29) is 29.1 Å². The normalized spacial score (nSPS) is 13.0. The van der Waals surface area contributed by atoms with E-state index < -0.39 is 4.92 Å². The molecule has 166 valence electrons. The van der Waals surface area contributed by atoms with Gasteiger partial charge in [0.2, 0.25) is 0 Å². The minimum absolute atomic E-state index is 0.150. The van der Waals surface area contributed by atoms with Gasteiger partial charge >= 0.3 is 5.97 Å². The third-order valence-corrected chi connectivity index (χ3v) is 6.26. The van der Waals surface area contributed by atoms with Gasteiger partial charge in [0.15, 0.2) is 5.11 Å². The number of carbonyl (C=O) groups excluding carboxylic acids is 1. The number of nitrogens with one attached hydrogen (secondary N) is 2. The van der Waals surface area contributed by atoms with E-state index >= 15 is 0 Å². The Morgan fingerprint density at radius 3 is 2.68 bits per heavy atom. The molecule has 0 bridgehead atoms. The van der Waals surface area contributed by atoms with Gasteiger partial charge in [-0.25, -0.2) is 4.79 Å². The molecule has 0 aliphatic heterocycles. The molecule has 1 aliphatic carbocycles. The number of hydrogen-bond donors (Lipinski definition) is 2. The molecule has 3 rings (SSSR count). The van der Waals surface area contributed by atoms with Crippen LogP contribution >= 0.6 is 23.6 Å². The molecule has 2 aromatic rings. The SMILES string of the molecule is CCOC(=O)c1c(NC(=S)Nc2ccc(OCC)cc2[N+](=O)[O-])sc2c1CCCCC2. The molecule has 0 amide bonds. The van der Waals surface area contributed by atoms with Crippen molar-refractivity contribution in [3.63, 3.8) is 0 Å². The second-order valence-electron chi connectivity index (χ2n) is 6.94. The minimum atomic E-state index is -0.495. The van der Waals surface area contributed by atoms with Crippen molar-refractivity contribution in [2.24, 2.45) is 0 Å².